The molecule has 1 amide bonds. The summed E-state index contributed by atoms with van der Waals surface area (Å²) >= 11 is 0. The van der Waals surface area contributed by atoms with Crippen molar-refractivity contribution in [1.29, 1.82) is 0 Å². The van der Waals surface area contributed by atoms with Gasteiger partial charge in [-0.1, -0.05) is 6.42 Å². The molecule has 6 heteroatoms. The number of nitrogens with zero attached hydrogens (tertiary/aromatic N) is 1. The molecule has 0 bridgehead atoms. The fraction of sp³-hybridized carbons (Fsp3) is 0.929. The van der Waals surface area contributed by atoms with Crippen molar-refractivity contribution < 1.29 is 4.79 Å². The Hall–Kier alpha value is -0.0300. The van der Waals surface area contributed by atoms with E-state index in [1.807, 2.05) is 0 Å². The number of amides is 1. The molecule has 2 heterocycles. The van der Waals surface area contributed by atoms with E-state index in [9.17, 15) is 4.79 Å². The summed E-state index contributed by atoms with van der Waals surface area (Å²) < 4.78 is 0. The van der Waals surface area contributed by atoms with Crippen LogP contribution in [0.5, 0.6) is 0 Å². The molecule has 3 rings (SSSR count). The minimum absolute atomic E-state index is 0. The number of halogens is 2. The first-order chi connectivity index (χ1) is 8.74. The number of hydrogen-bond donors (Lipinski definition) is 2. The summed E-state index contributed by atoms with van der Waals surface area (Å²) in [5.41, 5.74) is 5.89. The van der Waals surface area contributed by atoms with Gasteiger partial charge in [-0.25, -0.2) is 0 Å². The van der Waals surface area contributed by atoms with Crippen LogP contribution >= 0.6 is 24.8 Å². The molecule has 4 atom stereocenters. The number of piperidine rings is 1. The fourth-order valence-electron chi connectivity index (χ4n) is 3.97. The van der Waals surface area contributed by atoms with E-state index in [4.69, 9.17) is 5.73 Å². The molecule has 1 saturated carbocycles. The van der Waals surface area contributed by atoms with E-state index in [2.05, 4.69) is 10.2 Å². The van der Waals surface area contributed by atoms with E-state index in [-0.39, 0.29) is 42.7 Å². The molecule has 20 heavy (non-hydrogen) atoms. The van der Waals surface area contributed by atoms with Gasteiger partial charge in [-0.2, -0.15) is 0 Å². The lowest BCUT2D eigenvalue weighted by Gasteiger charge is -2.32. The van der Waals surface area contributed by atoms with Crippen molar-refractivity contribution in [2.24, 2.45) is 11.7 Å². The second-order valence-corrected chi connectivity index (χ2v) is 6.27. The van der Waals surface area contributed by atoms with Crippen molar-refractivity contribution in [2.45, 2.75) is 63.1 Å². The molecule has 1 aliphatic carbocycles. The Balaban J connectivity index is 0.000001000. The number of hydrogen-bond acceptors (Lipinski definition) is 3. The normalized spacial score (nSPS) is 36.6. The minimum atomic E-state index is 0. The van der Waals surface area contributed by atoms with Gasteiger partial charge >= 0.3 is 0 Å². The minimum Gasteiger partial charge on any atom is -0.352 e. The second kappa shape index (κ2) is 7.83. The quantitative estimate of drug-likeness (QED) is 0.813. The summed E-state index contributed by atoms with van der Waals surface area (Å²) in [4.78, 5) is 14.8. The lowest BCUT2D eigenvalue weighted by molar-refractivity contribution is -0.125. The summed E-state index contributed by atoms with van der Waals surface area (Å²) in [5, 5.41) is 3.30. The standard InChI is InChI=1S/C14H25N3O.2ClH/c15-11-5-4-10(9-11)14(18)16-12-6-8-17-7-2-1-3-13(12)17;;/h10-13H,1-9,15H2,(H,16,18);2*1H. The van der Waals surface area contributed by atoms with Crippen LogP contribution in [0.1, 0.15) is 44.9 Å². The van der Waals surface area contributed by atoms with Crippen LogP contribution in [0.4, 0.5) is 0 Å². The first kappa shape index (κ1) is 18.0. The first-order valence-electron chi connectivity index (χ1n) is 7.54. The lowest BCUT2D eigenvalue weighted by Crippen LogP contribution is -2.48. The van der Waals surface area contributed by atoms with Gasteiger partial charge in [0.05, 0.1) is 0 Å². The number of rotatable bonds is 2. The van der Waals surface area contributed by atoms with Crippen molar-refractivity contribution in [2.75, 3.05) is 13.1 Å². The van der Waals surface area contributed by atoms with Gasteiger partial charge in [-0.15, -0.1) is 24.8 Å². The van der Waals surface area contributed by atoms with Crippen LogP contribution in [0.3, 0.4) is 0 Å². The average molecular weight is 324 g/mol. The molecule has 3 aliphatic rings. The molecular weight excluding hydrogens is 297 g/mol. The van der Waals surface area contributed by atoms with Crippen LogP contribution < -0.4 is 11.1 Å². The molecular formula is C14H27Cl2N3O. The van der Waals surface area contributed by atoms with Crippen LogP contribution in [0.25, 0.3) is 0 Å². The lowest BCUT2D eigenvalue weighted by atomic mass is 9.98. The van der Waals surface area contributed by atoms with Gasteiger partial charge in [0.15, 0.2) is 0 Å². The van der Waals surface area contributed by atoms with Gasteiger partial charge in [0.25, 0.3) is 0 Å². The second-order valence-electron chi connectivity index (χ2n) is 6.27. The Labute approximate surface area is 134 Å². The molecule has 4 unspecified atom stereocenters. The first-order valence-corrected chi connectivity index (χ1v) is 7.54. The summed E-state index contributed by atoms with van der Waals surface area (Å²) in [6.45, 7) is 2.39. The summed E-state index contributed by atoms with van der Waals surface area (Å²) in [6.07, 6.45) is 7.92. The zero-order valence-corrected chi connectivity index (χ0v) is 13.6. The van der Waals surface area contributed by atoms with Crippen LogP contribution in [-0.4, -0.2) is 42.0 Å². The van der Waals surface area contributed by atoms with Crippen molar-refractivity contribution in [3.8, 4) is 0 Å². The van der Waals surface area contributed by atoms with Gasteiger partial charge in [0, 0.05) is 30.6 Å². The van der Waals surface area contributed by atoms with E-state index in [0.29, 0.717) is 12.1 Å². The SMILES string of the molecule is Cl.Cl.NC1CCC(C(=O)NC2CCN3CCCCC23)C1. The average Bonchev–Trinajstić information content (AvgIpc) is 2.97. The van der Waals surface area contributed by atoms with Gasteiger partial charge in [-0.3, -0.25) is 9.69 Å². The highest BCUT2D eigenvalue weighted by Crippen LogP contribution is 2.29. The van der Waals surface area contributed by atoms with Crippen LogP contribution in [0.2, 0.25) is 0 Å². The molecule has 2 saturated heterocycles. The van der Waals surface area contributed by atoms with Crippen LogP contribution in [0.15, 0.2) is 0 Å². The maximum Gasteiger partial charge on any atom is 0.223 e. The van der Waals surface area contributed by atoms with E-state index < -0.39 is 0 Å². The van der Waals surface area contributed by atoms with Crippen molar-refractivity contribution in [3.63, 3.8) is 0 Å². The van der Waals surface area contributed by atoms with Crippen LogP contribution in [0, 0.1) is 5.92 Å². The summed E-state index contributed by atoms with van der Waals surface area (Å²) in [5.74, 6) is 0.443. The number of nitrogens with two attached hydrogens (primary N) is 1. The zero-order valence-electron chi connectivity index (χ0n) is 11.9. The largest absolute Gasteiger partial charge is 0.352 e. The predicted molar refractivity (Wildman–Crippen MR) is 85.6 cm³/mol. The van der Waals surface area contributed by atoms with Gasteiger partial charge < -0.3 is 11.1 Å². The highest BCUT2D eigenvalue weighted by molar-refractivity contribution is 5.85. The molecule has 0 radical (unpaired) electrons. The highest BCUT2D eigenvalue weighted by atomic mass is 35.5. The van der Waals surface area contributed by atoms with E-state index in [1.54, 1.807) is 0 Å². The Morgan fingerprint density at radius 3 is 2.55 bits per heavy atom. The van der Waals surface area contributed by atoms with Gasteiger partial charge in [-0.05, 0) is 45.1 Å². The number of carbonyl (C=O) groups is 1. The molecule has 0 aromatic heterocycles. The molecule has 0 aromatic rings. The predicted octanol–water partition coefficient (Wildman–Crippen LogP) is 1.70. The third-order valence-electron chi connectivity index (χ3n) is 5.03. The summed E-state index contributed by atoms with van der Waals surface area (Å²) in [6, 6.07) is 1.25. The zero-order chi connectivity index (χ0) is 12.5. The van der Waals surface area contributed by atoms with Crippen molar-refractivity contribution in [3.05, 3.63) is 0 Å². The molecule has 0 spiro atoms. The van der Waals surface area contributed by atoms with Crippen molar-refractivity contribution in [1.82, 2.24) is 10.2 Å². The molecule has 3 fully saturated rings. The Kier molecular flexibility index (Phi) is 7.06. The Bertz CT molecular complexity index is 330. The summed E-state index contributed by atoms with van der Waals surface area (Å²) in [7, 11) is 0. The smallest absolute Gasteiger partial charge is 0.223 e. The highest BCUT2D eigenvalue weighted by Gasteiger charge is 2.37. The monoisotopic (exact) mass is 323 g/mol. The Morgan fingerprint density at radius 1 is 1.05 bits per heavy atom. The van der Waals surface area contributed by atoms with Gasteiger partial charge in [0.1, 0.15) is 0 Å². The molecule has 0 aromatic carbocycles. The maximum atomic E-state index is 12.2. The van der Waals surface area contributed by atoms with E-state index >= 15 is 0 Å². The molecule has 4 nitrogen and oxygen atoms in total. The van der Waals surface area contributed by atoms with E-state index in [0.717, 1.165) is 25.7 Å². The number of carbonyl (C=O) groups excluding carboxylic acids is 1. The topological polar surface area (TPSA) is 58.4 Å². The van der Waals surface area contributed by atoms with Crippen LogP contribution in [-0.2, 0) is 4.79 Å². The number of fused-ring (bicyclic) bond motifs is 1. The van der Waals surface area contributed by atoms with Crippen molar-refractivity contribution >= 4 is 30.7 Å². The Morgan fingerprint density at radius 2 is 1.85 bits per heavy atom. The molecule has 3 N–H and O–H groups in total. The maximum absolute atomic E-state index is 12.2. The van der Waals surface area contributed by atoms with E-state index in [1.165, 1.54) is 32.4 Å². The third-order valence-corrected chi connectivity index (χ3v) is 5.03. The molecule has 118 valence electrons. The third kappa shape index (κ3) is 3.79. The number of nitrogens with one attached hydrogen (secondary N) is 1. The molecule has 2 aliphatic heterocycles. The van der Waals surface area contributed by atoms with Gasteiger partial charge in [0.2, 0.25) is 5.91 Å². The fourth-order valence-corrected chi connectivity index (χ4v) is 3.97.